The predicted octanol–water partition coefficient (Wildman–Crippen LogP) is 6.99. The smallest absolute Gasteiger partial charge is 0.255 e. The molecular weight excluding hydrogens is 544 g/mol. The third-order valence-electron chi connectivity index (χ3n) is 6.56. The van der Waals surface area contributed by atoms with E-state index in [4.69, 9.17) is 26.1 Å². The van der Waals surface area contributed by atoms with Crippen molar-refractivity contribution < 1.29 is 14.3 Å². The zero-order valence-corrected chi connectivity index (χ0v) is 24.9. The normalized spacial score (nSPS) is 10.8. The van der Waals surface area contributed by atoms with E-state index in [1.807, 2.05) is 86.5 Å². The standard InChI is InChI=1S/C31H33ClN4O3S/c1-20-9-11-25(15-21(20)2)33-30(37)24-8-6-7-23(16-24)19-40-31-34-28(32)18-29(35-31)36(3)14-13-22-10-12-26(38-4)27(17-22)39-5/h6-12,15-18H,13-14,19H2,1-5H3,(H,33,37). The maximum Gasteiger partial charge on any atom is 0.255 e. The van der Waals surface area contributed by atoms with E-state index in [1.54, 1.807) is 20.3 Å². The minimum atomic E-state index is -0.146. The number of benzene rings is 3. The molecule has 208 valence electrons. The van der Waals surface area contributed by atoms with Crippen LogP contribution in [0.5, 0.6) is 11.5 Å². The summed E-state index contributed by atoms with van der Waals surface area (Å²) in [4.78, 5) is 24.0. The first-order valence-corrected chi connectivity index (χ1v) is 14.2. The number of halogens is 1. The van der Waals surface area contributed by atoms with Crippen LogP contribution in [0.15, 0.2) is 71.9 Å². The van der Waals surface area contributed by atoms with E-state index >= 15 is 0 Å². The number of hydrogen-bond acceptors (Lipinski definition) is 7. The van der Waals surface area contributed by atoms with Crippen molar-refractivity contribution in [2.75, 3.05) is 38.0 Å². The molecule has 0 aliphatic rings. The van der Waals surface area contributed by atoms with Gasteiger partial charge in [-0.1, -0.05) is 47.6 Å². The molecule has 1 aromatic heterocycles. The van der Waals surface area contributed by atoms with Crippen LogP contribution in [0.1, 0.15) is 32.6 Å². The Morgan fingerprint density at radius 1 is 0.925 bits per heavy atom. The second kappa shape index (κ2) is 13.5. The van der Waals surface area contributed by atoms with Crippen molar-refractivity contribution in [3.8, 4) is 11.5 Å². The number of aromatic nitrogens is 2. The molecule has 0 aliphatic heterocycles. The first-order valence-electron chi connectivity index (χ1n) is 12.8. The van der Waals surface area contributed by atoms with Crippen LogP contribution in [-0.2, 0) is 12.2 Å². The first kappa shape index (κ1) is 29.2. The van der Waals surface area contributed by atoms with Gasteiger partial charge in [0.25, 0.3) is 5.91 Å². The maximum atomic E-state index is 12.9. The SMILES string of the molecule is COc1ccc(CCN(C)c2cc(Cl)nc(SCc3cccc(C(=O)Nc4ccc(C)c(C)c4)c3)n2)cc1OC. The van der Waals surface area contributed by atoms with Crippen molar-refractivity contribution in [3.05, 3.63) is 99.7 Å². The van der Waals surface area contributed by atoms with Crippen LogP contribution in [0.25, 0.3) is 0 Å². The van der Waals surface area contributed by atoms with E-state index in [0.29, 0.717) is 33.1 Å². The van der Waals surface area contributed by atoms with E-state index in [-0.39, 0.29) is 5.91 Å². The Morgan fingerprint density at radius 2 is 1.73 bits per heavy atom. The number of ether oxygens (including phenoxy) is 2. The highest BCUT2D eigenvalue weighted by Crippen LogP contribution is 2.28. The highest BCUT2D eigenvalue weighted by atomic mass is 35.5. The molecule has 4 rings (SSSR count). The Morgan fingerprint density at radius 3 is 2.48 bits per heavy atom. The van der Waals surface area contributed by atoms with Gasteiger partial charge in [0.15, 0.2) is 16.7 Å². The lowest BCUT2D eigenvalue weighted by Gasteiger charge is -2.19. The molecule has 40 heavy (non-hydrogen) atoms. The summed E-state index contributed by atoms with van der Waals surface area (Å²) in [6.07, 6.45) is 0.790. The lowest BCUT2D eigenvalue weighted by Crippen LogP contribution is -2.21. The second-order valence-electron chi connectivity index (χ2n) is 9.43. The fourth-order valence-corrected chi connectivity index (χ4v) is 5.09. The topological polar surface area (TPSA) is 76.6 Å². The number of anilines is 2. The number of hydrogen-bond donors (Lipinski definition) is 1. The molecule has 0 fully saturated rings. The Hall–Kier alpha value is -3.75. The summed E-state index contributed by atoms with van der Waals surface area (Å²) >= 11 is 7.83. The summed E-state index contributed by atoms with van der Waals surface area (Å²) in [5.74, 6) is 2.60. The highest BCUT2D eigenvalue weighted by Gasteiger charge is 2.12. The van der Waals surface area contributed by atoms with Crippen LogP contribution >= 0.6 is 23.4 Å². The molecule has 9 heteroatoms. The van der Waals surface area contributed by atoms with Crippen molar-refractivity contribution in [2.24, 2.45) is 0 Å². The van der Waals surface area contributed by atoms with Crippen LogP contribution in [0.3, 0.4) is 0 Å². The second-order valence-corrected chi connectivity index (χ2v) is 10.8. The molecule has 0 spiro atoms. The first-order chi connectivity index (χ1) is 19.2. The van der Waals surface area contributed by atoms with E-state index in [1.165, 1.54) is 17.3 Å². The molecule has 0 bridgehead atoms. The van der Waals surface area contributed by atoms with Gasteiger partial charge in [-0.2, -0.15) is 0 Å². The Bertz CT molecular complexity index is 1500. The number of amides is 1. The monoisotopic (exact) mass is 576 g/mol. The lowest BCUT2D eigenvalue weighted by atomic mass is 10.1. The van der Waals surface area contributed by atoms with Gasteiger partial charge < -0.3 is 19.7 Å². The quantitative estimate of drug-likeness (QED) is 0.117. The van der Waals surface area contributed by atoms with Gasteiger partial charge in [-0.05, 0) is 78.9 Å². The summed E-state index contributed by atoms with van der Waals surface area (Å²) in [6.45, 7) is 4.81. The molecular formula is C31H33ClN4O3S. The van der Waals surface area contributed by atoms with Crippen LogP contribution < -0.4 is 19.7 Å². The lowest BCUT2D eigenvalue weighted by molar-refractivity contribution is 0.102. The van der Waals surface area contributed by atoms with Crippen molar-refractivity contribution >= 4 is 40.8 Å². The van der Waals surface area contributed by atoms with Gasteiger partial charge >= 0.3 is 0 Å². The van der Waals surface area contributed by atoms with E-state index < -0.39 is 0 Å². The fourth-order valence-electron chi connectivity index (χ4n) is 4.07. The van der Waals surface area contributed by atoms with Gasteiger partial charge in [0.1, 0.15) is 11.0 Å². The van der Waals surface area contributed by atoms with Gasteiger partial charge in [-0.25, -0.2) is 9.97 Å². The molecule has 0 radical (unpaired) electrons. The number of methoxy groups -OCH3 is 2. The van der Waals surface area contributed by atoms with Crippen LogP contribution in [0.2, 0.25) is 5.15 Å². The molecule has 0 unspecified atom stereocenters. The molecule has 3 aromatic carbocycles. The number of carbonyl (C=O) groups excluding carboxylic acids is 1. The third kappa shape index (κ3) is 7.67. The largest absolute Gasteiger partial charge is 0.493 e. The fraction of sp³-hybridized carbons (Fsp3) is 0.258. The zero-order chi connectivity index (χ0) is 28.6. The predicted molar refractivity (Wildman–Crippen MR) is 163 cm³/mol. The maximum absolute atomic E-state index is 12.9. The van der Waals surface area contributed by atoms with Gasteiger partial charge in [0.2, 0.25) is 0 Å². The van der Waals surface area contributed by atoms with Crippen LogP contribution in [0.4, 0.5) is 11.5 Å². The summed E-state index contributed by atoms with van der Waals surface area (Å²) < 4.78 is 10.7. The van der Waals surface area contributed by atoms with Gasteiger partial charge in [0.05, 0.1) is 14.2 Å². The molecule has 0 saturated carbocycles. The molecule has 0 saturated heterocycles. The number of carbonyl (C=O) groups is 1. The number of rotatable bonds is 11. The van der Waals surface area contributed by atoms with E-state index in [0.717, 1.165) is 41.2 Å². The van der Waals surface area contributed by atoms with E-state index in [2.05, 4.69) is 10.3 Å². The van der Waals surface area contributed by atoms with Crippen molar-refractivity contribution in [1.29, 1.82) is 0 Å². The number of thioether (sulfide) groups is 1. The van der Waals surface area contributed by atoms with E-state index in [9.17, 15) is 4.79 Å². The Kier molecular flexibility index (Phi) is 9.90. The minimum Gasteiger partial charge on any atom is -0.493 e. The molecule has 7 nitrogen and oxygen atoms in total. The molecule has 0 atom stereocenters. The number of aryl methyl sites for hydroxylation is 2. The van der Waals surface area contributed by atoms with Gasteiger partial charge in [-0.3, -0.25) is 4.79 Å². The summed E-state index contributed by atoms with van der Waals surface area (Å²) in [5.41, 5.74) is 5.82. The molecule has 1 amide bonds. The van der Waals surface area contributed by atoms with Crippen molar-refractivity contribution in [2.45, 2.75) is 31.2 Å². The zero-order valence-electron chi connectivity index (χ0n) is 23.3. The summed E-state index contributed by atoms with van der Waals surface area (Å²) in [6, 6.07) is 21.2. The van der Waals surface area contributed by atoms with Crippen molar-refractivity contribution in [1.82, 2.24) is 9.97 Å². The van der Waals surface area contributed by atoms with Crippen molar-refractivity contribution in [3.63, 3.8) is 0 Å². The molecule has 4 aromatic rings. The molecule has 1 N–H and O–H groups in total. The number of nitrogens with zero attached hydrogens (tertiary/aromatic N) is 3. The Balaban J connectivity index is 1.38. The minimum absolute atomic E-state index is 0.146. The van der Waals surface area contributed by atoms with Crippen LogP contribution in [-0.4, -0.2) is 43.7 Å². The average Bonchev–Trinajstić information content (AvgIpc) is 2.96. The Labute approximate surface area is 244 Å². The van der Waals surface area contributed by atoms with Crippen LogP contribution in [0, 0.1) is 13.8 Å². The third-order valence-corrected chi connectivity index (χ3v) is 7.67. The number of nitrogens with one attached hydrogen (secondary N) is 1. The molecule has 0 aliphatic carbocycles. The summed E-state index contributed by atoms with van der Waals surface area (Å²) in [5, 5.41) is 3.94. The average molecular weight is 577 g/mol. The number of likely N-dealkylation sites (N-methyl/N-ethyl adjacent to an activating group) is 1. The van der Waals surface area contributed by atoms with Gasteiger partial charge in [0, 0.05) is 36.7 Å². The molecule has 1 heterocycles. The highest BCUT2D eigenvalue weighted by molar-refractivity contribution is 7.98. The van der Waals surface area contributed by atoms with Gasteiger partial charge in [-0.15, -0.1) is 0 Å². The summed E-state index contributed by atoms with van der Waals surface area (Å²) in [7, 11) is 5.24.